The Bertz CT molecular complexity index is 2390. The Balaban J connectivity index is 1.31. The molecule has 2 aromatic heterocycles. The first-order valence-corrected chi connectivity index (χ1v) is 14.5. The summed E-state index contributed by atoms with van der Waals surface area (Å²) in [6.45, 7) is 4.63. The highest BCUT2D eigenvalue weighted by atomic mass is 15.2. The molecule has 3 heteroatoms. The highest BCUT2D eigenvalue weighted by Gasteiger charge is 2.35. The van der Waals surface area contributed by atoms with Crippen molar-refractivity contribution in [1.29, 1.82) is 0 Å². The van der Waals surface area contributed by atoms with Crippen LogP contribution in [0.25, 0.3) is 71.6 Å². The molecular formula is C39H27N3. The van der Waals surface area contributed by atoms with Gasteiger partial charge in [-0.1, -0.05) is 117 Å². The highest BCUT2D eigenvalue weighted by molar-refractivity contribution is 6.14. The molecule has 8 aromatic rings. The zero-order valence-electron chi connectivity index (χ0n) is 23.5. The van der Waals surface area contributed by atoms with E-state index < -0.39 is 0 Å². The smallest absolute Gasteiger partial charge is 0.168 e. The largest absolute Gasteiger partial charge is 0.292 e. The van der Waals surface area contributed by atoms with Crippen LogP contribution in [0.1, 0.15) is 25.0 Å². The molecule has 9 rings (SSSR count). The van der Waals surface area contributed by atoms with Gasteiger partial charge in [0, 0.05) is 32.5 Å². The van der Waals surface area contributed by atoms with Gasteiger partial charge in [-0.25, -0.2) is 0 Å². The van der Waals surface area contributed by atoms with Crippen molar-refractivity contribution in [3.8, 4) is 28.2 Å². The quantitative estimate of drug-likeness (QED) is 0.220. The van der Waals surface area contributed by atoms with Crippen molar-refractivity contribution in [2.24, 2.45) is 0 Å². The number of nitrogens with zero attached hydrogens (tertiary/aromatic N) is 3. The summed E-state index contributed by atoms with van der Waals surface area (Å²) < 4.78 is 2.29. The van der Waals surface area contributed by atoms with Crippen molar-refractivity contribution in [1.82, 2.24) is 14.8 Å². The molecule has 0 fully saturated rings. The van der Waals surface area contributed by atoms with Crippen LogP contribution in [0.2, 0.25) is 0 Å². The van der Waals surface area contributed by atoms with Crippen LogP contribution in [-0.4, -0.2) is 14.8 Å². The zero-order valence-corrected chi connectivity index (χ0v) is 23.5. The van der Waals surface area contributed by atoms with E-state index in [-0.39, 0.29) is 5.41 Å². The van der Waals surface area contributed by atoms with E-state index in [4.69, 9.17) is 10.2 Å². The Morgan fingerprint density at radius 1 is 0.500 bits per heavy atom. The molecule has 0 unspecified atom stereocenters. The van der Waals surface area contributed by atoms with Crippen LogP contribution < -0.4 is 0 Å². The number of fused-ring (bicyclic) bond motifs is 8. The topological polar surface area (TPSA) is 30.7 Å². The maximum atomic E-state index is 4.99. The number of hydrogen-bond acceptors (Lipinski definition) is 2. The van der Waals surface area contributed by atoms with Crippen LogP contribution in [0, 0.1) is 0 Å². The Morgan fingerprint density at radius 3 is 2.02 bits per heavy atom. The molecule has 0 bridgehead atoms. The first-order chi connectivity index (χ1) is 20.6. The molecule has 0 aliphatic heterocycles. The predicted molar refractivity (Wildman–Crippen MR) is 174 cm³/mol. The van der Waals surface area contributed by atoms with Crippen LogP contribution >= 0.6 is 0 Å². The monoisotopic (exact) mass is 537 g/mol. The second-order valence-corrected chi connectivity index (χ2v) is 11.9. The molecule has 0 spiro atoms. The molecule has 0 atom stereocenters. The summed E-state index contributed by atoms with van der Waals surface area (Å²) in [5.41, 5.74) is 9.58. The Morgan fingerprint density at radius 2 is 1.17 bits per heavy atom. The fourth-order valence-electron chi connectivity index (χ4n) is 7.22. The van der Waals surface area contributed by atoms with Gasteiger partial charge in [0.15, 0.2) is 5.82 Å². The van der Waals surface area contributed by atoms with Crippen molar-refractivity contribution in [3.05, 3.63) is 139 Å². The molecular weight excluding hydrogens is 510 g/mol. The van der Waals surface area contributed by atoms with Crippen LogP contribution in [0.4, 0.5) is 0 Å². The summed E-state index contributed by atoms with van der Waals surface area (Å²) in [5.74, 6) is 0.850. The van der Waals surface area contributed by atoms with Crippen LogP contribution in [-0.2, 0) is 5.41 Å². The molecule has 1 aliphatic rings. The molecule has 6 aromatic carbocycles. The molecule has 0 saturated heterocycles. The summed E-state index contributed by atoms with van der Waals surface area (Å²) in [4.78, 5) is 0. The second-order valence-electron chi connectivity index (χ2n) is 11.9. The minimum absolute atomic E-state index is 0.0250. The van der Waals surface area contributed by atoms with Crippen LogP contribution in [0.15, 0.2) is 127 Å². The van der Waals surface area contributed by atoms with Crippen molar-refractivity contribution in [3.63, 3.8) is 0 Å². The van der Waals surface area contributed by atoms with Gasteiger partial charge in [0.25, 0.3) is 0 Å². The van der Waals surface area contributed by atoms with Gasteiger partial charge in [-0.3, -0.25) is 4.57 Å². The first kappa shape index (κ1) is 23.4. The van der Waals surface area contributed by atoms with E-state index in [2.05, 4.69) is 146 Å². The van der Waals surface area contributed by atoms with Crippen molar-refractivity contribution in [2.45, 2.75) is 19.3 Å². The van der Waals surface area contributed by atoms with E-state index in [0.29, 0.717) is 0 Å². The molecule has 42 heavy (non-hydrogen) atoms. The van der Waals surface area contributed by atoms with E-state index in [1.165, 1.54) is 43.8 Å². The van der Waals surface area contributed by atoms with Crippen molar-refractivity contribution in [2.75, 3.05) is 0 Å². The minimum Gasteiger partial charge on any atom is -0.292 e. The Labute approximate surface area is 243 Å². The molecule has 0 N–H and O–H groups in total. The van der Waals surface area contributed by atoms with Gasteiger partial charge in [-0.05, 0) is 57.3 Å². The summed E-state index contributed by atoms with van der Waals surface area (Å²) in [6, 6.07) is 45.9. The highest BCUT2D eigenvalue weighted by Crippen LogP contribution is 2.49. The first-order valence-electron chi connectivity index (χ1n) is 14.5. The summed E-state index contributed by atoms with van der Waals surface area (Å²) >= 11 is 0. The molecule has 198 valence electrons. The Kier molecular flexibility index (Phi) is 4.67. The molecule has 0 saturated carbocycles. The van der Waals surface area contributed by atoms with E-state index >= 15 is 0 Å². The maximum absolute atomic E-state index is 4.99. The number of para-hydroxylation sites is 1. The molecule has 0 amide bonds. The molecule has 2 heterocycles. The molecule has 0 radical (unpaired) electrons. The van der Waals surface area contributed by atoms with Crippen molar-refractivity contribution >= 4 is 43.4 Å². The molecule has 3 nitrogen and oxygen atoms in total. The normalized spacial score (nSPS) is 13.7. The van der Waals surface area contributed by atoms with Gasteiger partial charge in [0.1, 0.15) is 5.69 Å². The standard InChI is InChI=1S/C39H27N3/c1-39(2)33-17-9-7-13-27(33)31-22-26(19-20-34(31)39)37-29-15-5-6-16-30(29)38(41-40-37)42-35-18-10-8-14-28(35)32-21-24-11-3-4-12-25(24)23-36(32)42/h3-23H,1-2H3. The van der Waals surface area contributed by atoms with Gasteiger partial charge >= 0.3 is 0 Å². The van der Waals surface area contributed by atoms with E-state index in [9.17, 15) is 0 Å². The van der Waals surface area contributed by atoms with Gasteiger partial charge in [0.05, 0.1) is 11.0 Å². The number of rotatable bonds is 2. The zero-order chi connectivity index (χ0) is 28.0. The summed E-state index contributed by atoms with van der Waals surface area (Å²) in [6.07, 6.45) is 0. The number of hydrogen-bond donors (Lipinski definition) is 0. The van der Waals surface area contributed by atoms with Gasteiger partial charge in [0.2, 0.25) is 0 Å². The SMILES string of the molecule is CC1(C)c2ccccc2-c2cc(-c3nnc(-n4c5ccccc5c5cc6ccccc6cc54)c4ccccc34)ccc21. The van der Waals surface area contributed by atoms with Gasteiger partial charge in [-0.2, -0.15) is 0 Å². The van der Waals surface area contributed by atoms with Gasteiger partial charge < -0.3 is 0 Å². The lowest BCUT2D eigenvalue weighted by Gasteiger charge is -2.21. The lowest BCUT2D eigenvalue weighted by molar-refractivity contribution is 0.660. The fourth-order valence-corrected chi connectivity index (χ4v) is 7.22. The average Bonchev–Trinajstić information content (AvgIpc) is 3.47. The summed E-state index contributed by atoms with van der Waals surface area (Å²) in [7, 11) is 0. The van der Waals surface area contributed by atoms with E-state index in [1.807, 2.05) is 0 Å². The average molecular weight is 538 g/mol. The maximum Gasteiger partial charge on any atom is 0.168 e. The molecule has 1 aliphatic carbocycles. The number of benzene rings is 6. The summed E-state index contributed by atoms with van der Waals surface area (Å²) in [5, 5.41) is 17.0. The lowest BCUT2D eigenvalue weighted by atomic mass is 9.82. The van der Waals surface area contributed by atoms with Gasteiger partial charge in [-0.15, -0.1) is 10.2 Å². The number of aromatic nitrogens is 3. The second kappa shape index (κ2) is 8.37. The van der Waals surface area contributed by atoms with Crippen LogP contribution in [0.5, 0.6) is 0 Å². The third-order valence-corrected chi connectivity index (χ3v) is 9.28. The van der Waals surface area contributed by atoms with E-state index in [0.717, 1.165) is 38.9 Å². The lowest BCUT2D eigenvalue weighted by Crippen LogP contribution is -2.14. The predicted octanol–water partition coefficient (Wildman–Crippen LogP) is 9.85. The minimum atomic E-state index is -0.0250. The van der Waals surface area contributed by atoms with Crippen molar-refractivity contribution < 1.29 is 0 Å². The van der Waals surface area contributed by atoms with E-state index in [1.54, 1.807) is 0 Å². The van der Waals surface area contributed by atoms with Crippen LogP contribution in [0.3, 0.4) is 0 Å². The third-order valence-electron chi connectivity index (χ3n) is 9.28. The third kappa shape index (κ3) is 3.11. The fraction of sp³-hybridized carbons (Fsp3) is 0.0769. The Hall–Kier alpha value is -5.28.